The lowest BCUT2D eigenvalue weighted by atomic mass is 9.89. The van der Waals surface area contributed by atoms with Gasteiger partial charge in [0.2, 0.25) is 0 Å². The molecule has 4 heteroatoms. The number of benzene rings is 1. The van der Waals surface area contributed by atoms with Crippen LogP contribution in [0.1, 0.15) is 21.9 Å². The lowest BCUT2D eigenvalue weighted by molar-refractivity contribution is 0.299. The molecule has 0 spiro atoms. The molecule has 0 aliphatic carbocycles. The molecule has 18 heavy (non-hydrogen) atoms. The first kappa shape index (κ1) is 12.2. The molecule has 3 rings (SSSR count). The van der Waals surface area contributed by atoms with E-state index < -0.39 is 0 Å². The van der Waals surface area contributed by atoms with Crippen LogP contribution in [0.15, 0.2) is 34.8 Å². The summed E-state index contributed by atoms with van der Waals surface area (Å²) in [7, 11) is 2.17. The van der Waals surface area contributed by atoms with Crippen molar-refractivity contribution < 1.29 is 0 Å². The van der Waals surface area contributed by atoms with E-state index in [2.05, 4.69) is 58.2 Å². The van der Waals surface area contributed by atoms with Crippen LogP contribution in [0.5, 0.6) is 0 Å². The second kappa shape index (κ2) is 4.68. The molecule has 0 fully saturated rings. The van der Waals surface area contributed by atoms with Gasteiger partial charge in [-0.25, -0.2) is 0 Å². The number of thiophene rings is 1. The molecule has 0 saturated heterocycles. The summed E-state index contributed by atoms with van der Waals surface area (Å²) in [4.78, 5) is 3.78. The summed E-state index contributed by atoms with van der Waals surface area (Å²) < 4.78 is 1.13. The molecule has 0 radical (unpaired) electrons. The Morgan fingerprint density at radius 3 is 2.78 bits per heavy atom. The smallest absolute Gasteiger partial charge is 0.0862 e. The van der Waals surface area contributed by atoms with Gasteiger partial charge in [0.15, 0.2) is 0 Å². The quantitative estimate of drug-likeness (QED) is 0.868. The maximum Gasteiger partial charge on any atom is 0.0862 e. The second-order valence-corrected chi connectivity index (χ2v) is 6.91. The average molecular weight is 323 g/mol. The molecule has 1 atom stereocenters. The van der Waals surface area contributed by atoms with Gasteiger partial charge in [-0.15, -0.1) is 11.3 Å². The van der Waals surface area contributed by atoms with E-state index in [1.54, 1.807) is 11.3 Å². The third-order valence-electron chi connectivity index (χ3n) is 3.42. The molecule has 0 bridgehead atoms. The predicted octanol–water partition coefficient (Wildman–Crippen LogP) is 3.67. The molecule has 1 unspecified atom stereocenters. The minimum atomic E-state index is 0.445. The van der Waals surface area contributed by atoms with E-state index in [4.69, 9.17) is 5.73 Å². The highest BCUT2D eigenvalue weighted by molar-refractivity contribution is 9.10. The van der Waals surface area contributed by atoms with Gasteiger partial charge in [-0.05, 0) is 36.4 Å². The van der Waals surface area contributed by atoms with Crippen LogP contribution in [-0.2, 0) is 6.54 Å². The lowest BCUT2D eigenvalue weighted by Crippen LogP contribution is -2.29. The number of hydrogen-bond donors (Lipinski definition) is 1. The first-order valence-corrected chi connectivity index (χ1v) is 7.56. The maximum absolute atomic E-state index is 5.96. The Kier molecular flexibility index (Phi) is 3.18. The van der Waals surface area contributed by atoms with Gasteiger partial charge in [0, 0.05) is 28.4 Å². The van der Waals surface area contributed by atoms with Gasteiger partial charge >= 0.3 is 0 Å². The predicted molar refractivity (Wildman–Crippen MR) is 81.1 cm³/mol. The summed E-state index contributed by atoms with van der Waals surface area (Å²) in [6.07, 6.45) is 0. The Bertz CT molecular complexity index is 562. The van der Waals surface area contributed by atoms with Gasteiger partial charge in [-0.3, -0.25) is 0 Å². The van der Waals surface area contributed by atoms with E-state index in [1.165, 1.54) is 16.0 Å². The molecule has 1 aliphatic heterocycles. The summed E-state index contributed by atoms with van der Waals surface area (Å²) in [6, 6.07) is 10.8. The van der Waals surface area contributed by atoms with Crippen LogP contribution >= 0.6 is 27.3 Å². The fraction of sp³-hybridized carbons (Fsp3) is 0.286. The van der Waals surface area contributed by atoms with Crippen LogP contribution in [0.4, 0.5) is 5.00 Å². The minimum Gasteiger partial charge on any atom is -0.391 e. The standard InChI is InChI=1S/C14H15BrN2S/c1-17-7-12(9-2-4-10(15)5-3-9)11-6-14(16)18-13(11)8-17/h2-6,12H,7-8,16H2,1H3. The van der Waals surface area contributed by atoms with Gasteiger partial charge in [-0.1, -0.05) is 28.1 Å². The Labute approximate surface area is 120 Å². The van der Waals surface area contributed by atoms with Crippen molar-refractivity contribution in [3.8, 4) is 0 Å². The number of fused-ring (bicyclic) bond motifs is 1. The van der Waals surface area contributed by atoms with E-state index >= 15 is 0 Å². The van der Waals surface area contributed by atoms with Crippen molar-refractivity contribution >= 4 is 32.3 Å². The molecule has 0 saturated carbocycles. The minimum absolute atomic E-state index is 0.445. The van der Waals surface area contributed by atoms with Gasteiger partial charge < -0.3 is 10.6 Å². The van der Waals surface area contributed by atoms with Crippen molar-refractivity contribution in [3.63, 3.8) is 0 Å². The van der Waals surface area contributed by atoms with E-state index in [0.29, 0.717) is 5.92 Å². The van der Waals surface area contributed by atoms with Crippen molar-refractivity contribution in [1.82, 2.24) is 4.90 Å². The Hall–Kier alpha value is -0.840. The molecule has 0 amide bonds. The molecule has 1 aliphatic rings. The van der Waals surface area contributed by atoms with E-state index in [9.17, 15) is 0 Å². The molecule has 1 aromatic heterocycles. The zero-order chi connectivity index (χ0) is 12.7. The second-order valence-electron chi connectivity index (χ2n) is 4.83. The van der Waals surface area contributed by atoms with Crippen molar-refractivity contribution in [2.24, 2.45) is 0 Å². The molecular weight excluding hydrogens is 308 g/mol. The SMILES string of the molecule is CN1Cc2sc(N)cc2C(c2ccc(Br)cc2)C1. The molecule has 2 N–H and O–H groups in total. The molecule has 94 valence electrons. The number of nitrogens with two attached hydrogens (primary N) is 1. The average Bonchev–Trinajstić information content (AvgIpc) is 2.69. The third-order valence-corrected chi connectivity index (χ3v) is 4.91. The fourth-order valence-electron chi connectivity index (χ4n) is 2.58. The van der Waals surface area contributed by atoms with Crippen LogP contribution in [0.2, 0.25) is 0 Å². The topological polar surface area (TPSA) is 29.3 Å². The zero-order valence-corrected chi connectivity index (χ0v) is 12.6. The Morgan fingerprint density at radius 1 is 1.33 bits per heavy atom. The van der Waals surface area contributed by atoms with Crippen molar-refractivity contribution in [2.75, 3.05) is 19.3 Å². The van der Waals surface area contributed by atoms with E-state index in [1.807, 2.05) is 0 Å². The van der Waals surface area contributed by atoms with Crippen molar-refractivity contribution in [2.45, 2.75) is 12.5 Å². The zero-order valence-electron chi connectivity index (χ0n) is 10.2. The van der Waals surface area contributed by atoms with Crippen LogP contribution in [0.25, 0.3) is 0 Å². The highest BCUT2D eigenvalue weighted by Gasteiger charge is 2.26. The number of rotatable bonds is 1. The third kappa shape index (κ3) is 2.20. The largest absolute Gasteiger partial charge is 0.391 e. The van der Waals surface area contributed by atoms with Crippen LogP contribution in [0.3, 0.4) is 0 Å². The van der Waals surface area contributed by atoms with Crippen molar-refractivity contribution in [1.29, 1.82) is 0 Å². The first-order chi connectivity index (χ1) is 8.63. The van der Waals surface area contributed by atoms with Gasteiger partial charge in [0.1, 0.15) is 0 Å². The highest BCUT2D eigenvalue weighted by atomic mass is 79.9. The Balaban J connectivity index is 2.04. The highest BCUT2D eigenvalue weighted by Crippen LogP contribution is 2.39. The maximum atomic E-state index is 5.96. The van der Waals surface area contributed by atoms with E-state index in [-0.39, 0.29) is 0 Å². The molecular formula is C14H15BrN2S. The summed E-state index contributed by atoms with van der Waals surface area (Å²) >= 11 is 5.21. The monoisotopic (exact) mass is 322 g/mol. The molecule has 2 heterocycles. The Morgan fingerprint density at radius 2 is 2.06 bits per heavy atom. The molecule has 2 aromatic rings. The number of anilines is 1. The number of nitrogens with zero attached hydrogens (tertiary/aromatic N) is 1. The number of likely N-dealkylation sites (N-methyl/N-ethyl adjacent to an activating group) is 1. The van der Waals surface area contributed by atoms with Crippen molar-refractivity contribution in [3.05, 3.63) is 50.8 Å². The van der Waals surface area contributed by atoms with Gasteiger partial charge in [-0.2, -0.15) is 0 Å². The number of nitrogen functional groups attached to an aromatic ring is 1. The molecule has 1 aromatic carbocycles. The summed E-state index contributed by atoms with van der Waals surface area (Å²) in [5.41, 5.74) is 8.74. The van der Waals surface area contributed by atoms with Crippen LogP contribution < -0.4 is 5.73 Å². The van der Waals surface area contributed by atoms with Gasteiger partial charge in [0.05, 0.1) is 5.00 Å². The van der Waals surface area contributed by atoms with Crippen LogP contribution in [-0.4, -0.2) is 18.5 Å². The van der Waals surface area contributed by atoms with Crippen LogP contribution in [0, 0.1) is 0 Å². The fourth-order valence-corrected chi connectivity index (χ4v) is 3.92. The lowest BCUT2D eigenvalue weighted by Gasteiger charge is -2.30. The first-order valence-electron chi connectivity index (χ1n) is 5.95. The number of hydrogen-bond acceptors (Lipinski definition) is 3. The normalized spacial score (nSPS) is 19.8. The molecule has 2 nitrogen and oxygen atoms in total. The summed E-state index contributed by atoms with van der Waals surface area (Å²) in [5, 5.41) is 0.928. The summed E-state index contributed by atoms with van der Waals surface area (Å²) in [6.45, 7) is 2.08. The summed E-state index contributed by atoms with van der Waals surface area (Å²) in [5.74, 6) is 0.445. The number of halogens is 1. The van der Waals surface area contributed by atoms with Gasteiger partial charge in [0.25, 0.3) is 0 Å². The van der Waals surface area contributed by atoms with E-state index in [0.717, 1.165) is 22.6 Å².